The summed E-state index contributed by atoms with van der Waals surface area (Å²) in [5.74, 6) is -0.356. The van der Waals surface area contributed by atoms with E-state index < -0.39 is 35.2 Å². The number of carbonyl (C=O) groups is 2. The quantitative estimate of drug-likeness (QED) is 0.418. The maximum Gasteiger partial charge on any atom is 0.416 e. The van der Waals surface area contributed by atoms with Crippen LogP contribution in [0.25, 0.3) is 0 Å². The number of rotatable bonds is 6. The molecule has 6 nitrogen and oxygen atoms in total. The summed E-state index contributed by atoms with van der Waals surface area (Å²) >= 11 is 0. The summed E-state index contributed by atoms with van der Waals surface area (Å²) in [5.41, 5.74) is -2.65. The predicted octanol–water partition coefficient (Wildman–Crippen LogP) is 6.11. The van der Waals surface area contributed by atoms with Crippen molar-refractivity contribution in [2.24, 2.45) is 0 Å². The minimum absolute atomic E-state index is 0.0264. The van der Waals surface area contributed by atoms with Crippen molar-refractivity contribution in [3.63, 3.8) is 0 Å². The molecule has 0 aliphatic carbocycles. The maximum atomic E-state index is 13.1. The van der Waals surface area contributed by atoms with Crippen molar-refractivity contribution in [3.05, 3.63) is 53.1 Å². The second kappa shape index (κ2) is 10.4. The first-order valence-corrected chi connectivity index (χ1v) is 10.9. The Morgan fingerprint density at radius 1 is 0.857 bits per heavy atom. The molecule has 3 rings (SSSR count). The molecule has 0 atom stereocenters. The third-order valence-corrected chi connectivity index (χ3v) is 5.33. The highest BCUT2D eigenvalue weighted by Gasteiger charge is 2.37. The van der Waals surface area contributed by atoms with E-state index in [0.29, 0.717) is 36.3 Å². The van der Waals surface area contributed by atoms with Gasteiger partial charge in [-0.1, -0.05) is 6.92 Å². The van der Waals surface area contributed by atoms with Crippen LogP contribution in [0.2, 0.25) is 0 Å². The summed E-state index contributed by atoms with van der Waals surface area (Å²) in [7, 11) is 0. The molecule has 190 valence electrons. The lowest BCUT2D eigenvalue weighted by molar-refractivity contribution is -0.143. The number of hydrogen-bond acceptors (Lipinski definition) is 3. The molecule has 0 unspecified atom stereocenters. The van der Waals surface area contributed by atoms with Gasteiger partial charge in [-0.05, 0) is 55.7 Å². The fraction of sp³-hybridized carbons (Fsp3) is 0.391. The normalized spacial score (nSPS) is 14.1. The number of benzene rings is 2. The fourth-order valence-electron chi connectivity index (χ4n) is 3.68. The van der Waals surface area contributed by atoms with Crippen LogP contribution >= 0.6 is 0 Å². The average Bonchev–Trinajstić information content (AvgIpc) is 3.30. The lowest BCUT2D eigenvalue weighted by Crippen LogP contribution is -2.28. The van der Waals surface area contributed by atoms with Gasteiger partial charge in [0, 0.05) is 36.7 Å². The van der Waals surface area contributed by atoms with Gasteiger partial charge in [0.25, 0.3) is 5.91 Å². The van der Waals surface area contributed by atoms with E-state index >= 15 is 0 Å². The summed E-state index contributed by atoms with van der Waals surface area (Å²) in [5, 5.41) is 7.14. The van der Waals surface area contributed by atoms with Crippen LogP contribution in [0.5, 0.6) is 0 Å². The Morgan fingerprint density at radius 2 is 1.43 bits per heavy atom. The highest BCUT2D eigenvalue weighted by atomic mass is 19.4. The third-order valence-electron chi connectivity index (χ3n) is 5.33. The molecule has 0 saturated carbocycles. The van der Waals surface area contributed by atoms with E-state index in [1.54, 1.807) is 6.07 Å². The number of nitrogens with zero attached hydrogens (tertiary/aromatic N) is 1. The topological polar surface area (TPSA) is 73.5 Å². The molecule has 1 fully saturated rings. The van der Waals surface area contributed by atoms with E-state index in [0.717, 1.165) is 25.9 Å². The van der Waals surface area contributed by atoms with Crippen molar-refractivity contribution in [1.82, 2.24) is 5.32 Å². The third kappa shape index (κ3) is 6.80. The Kier molecular flexibility index (Phi) is 7.81. The Bertz CT molecular complexity index is 1050. The van der Waals surface area contributed by atoms with E-state index in [-0.39, 0.29) is 17.7 Å². The van der Waals surface area contributed by atoms with E-state index in [9.17, 15) is 35.9 Å². The van der Waals surface area contributed by atoms with Gasteiger partial charge in [-0.2, -0.15) is 26.3 Å². The van der Waals surface area contributed by atoms with Gasteiger partial charge in [0.15, 0.2) is 0 Å². The zero-order chi connectivity index (χ0) is 25.8. The van der Waals surface area contributed by atoms with Gasteiger partial charge in [-0.3, -0.25) is 4.79 Å². The Morgan fingerprint density at radius 3 is 1.97 bits per heavy atom. The van der Waals surface area contributed by atoms with Gasteiger partial charge in [-0.25, -0.2) is 4.79 Å². The van der Waals surface area contributed by atoms with E-state index in [2.05, 4.69) is 10.6 Å². The van der Waals surface area contributed by atoms with E-state index in [1.807, 2.05) is 17.1 Å². The molecule has 2 aromatic carbocycles. The first kappa shape index (κ1) is 26.2. The number of amides is 3. The van der Waals surface area contributed by atoms with Crippen LogP contribution < -0.4 is 20.9 Å². The van der Waals surface area contributed by atoms with Crippen LogP contribution in [0, 0.1) is 0 Å². The summed E-state index contributed by atoms with van der Waals surface area (Å²) in [6, 6.07) is 4.31. The molecule has 1 aliphatic rings. The zero-order valence-electron chi connectivity index (χ0n) is 18.7. The van der Waals surface area contributed by atoms with Gasteiger partial charge in [0.1, 0.15) is 0 Å². The highest BCUT2D eigenvalue weighted by molar-refractivity contribution is 6.04. The molecule has 3 amide bonds. The van der Waals surface area contributed by atoms with Crippen LogP contribution in [0.15, 0.2) is 36.4 Å². The lowest BCUT2D eigenvalue weighted by atomic mass is 10.1. The number of nitrogens with one attached hydrogen (secondary N) is 3. The minimum Gasteiger partial charge on any atom is -0.371 e. The van der Waals surface area contributed by atoms with Crippen molar-refractivity contribution in [1.29, 1.82) is 0 Å². The summed E-state index contributed by atoms with van der Waals surface area (Å²) in [6.07, 6.45) is -7.44. The number of halogens is 6. The molecular formula is C23H24F6N4O2. The molecule has 1 heterocycles. The molecule has 3 N–H and O–H groups in total. The second-order valence-corrected chi connectivity index (χ2v) is 8.06. The van der Waals surface area contributed by atoms with Crippen LogP contribution in [-0.4, -0.2) is 31.6 Å². The number of hydrogen-bond donors (Lipinski definition) is 3. The van der Waals surface area contributed by atoms with Gasteiger partial charge in [0.05, 0.1) is 16.7 Å². The van der Waals surface area contributed by atoms with Crippen LogP contribution in [0.4, 0.5) is 48.2 Å². The Balaban J connectivity index is 1.84. The average molecular weight is 502 g/mol. The fourth-order valence-corrected chi connectivity index (χ4v) is 3.68. The number of alkyl halides is 6. The molecule has 1 saturated heterocycles. The van der Waals surface area contributed by atoms with Crippen LogP contribution in [0.3, 0.4) is 0 Å². The van der Waals surface area contributed by atoms with E-state index in [1.165, 1.54) is 12.1 Å². The monoisotopic (exact) mass is 502 g/mol. The Hall–Kier alpha value is -3.44. The standard InChI is InChI=1S/C23H24F6N4O2/c1-2-7-30-20(34)18-13-16(5-6-19(18)33-8-3-4-9-33)31-21(35)32-17-11-14(22(24,25)26)10-15(12-17)23(27,28)29/h5-6,10-13H,2-4,7-9H2,1H3,(H,30,34)(H2,31,32,35). The summed E-state index contributed by atoms with van der Waals surface area (Å²) in [4.78, 5) is 27.1. The van der Waals surface area contributed by atoms with Gasteiger partial charge in [0.2, 0.25) is 0 Å². The molecule has 35 heavy (non-hydrogen) atoms. The first-order valence-electron chi connectivity index (χ1n) is 10.9. The van der Waals surface area contributed by atoms with Crippen molar-refractivity contribution >= 4 is 29.0 Å². The lowest BCUT2D eigenvalue weighted by Gasteiger charge is -2.22. The maximum absolute atomic E-state index is 13.1. The van der Waals surface area contributed by atoms with Gasteiger partial charge >= 0.3 is 18.4 Å². The van der Waals surface area contributed by atoms with Crippen LogP contribution in [-0.2, 0) is 12.4 Å². The second-order valence-electron chi connectivity index (χ2n) is 8.06. The summed E-state index contributed by atoms with van der Waals surface area (Å²) in [6.45, 7) is 3.85. The molecule has 12 heteroatoms. The number of anilines is 3. The van der Waals surface area contributed by atoms with Crippen molar-refractivity contribution in [2.75, 3.05) is 35.2 Å². The van der Waals surface area contributed by atoms with Crippen molar-refractivity contribution in [2.45, 2.75) is 38.5 Å². The number of urea groups is 1. The zero-order valence-corrected chi connectivity index (χ0v) is 18.7. The SMILES string of the molecule is CCCNC(=O)c1cc(NC(=O)Nc2cc(C(F)(F)F)cc(C(F)(F)F)c2)ccc1N1CCCC1. The smallest absolute Gasteiger partial charge is 0.371 e. The Labute approximate surface area is 197 Å². The molecule has 0 spiro atoms. The van der Waals surface area contributed by atoms with Crippen molar-refractivity contribution in [3.8, 4) is 0 Å². The first-order chi connectivity index (χ1) is 16.4. The minimum atomic E-state index is -5.04. The number of carbonyl (C=O) groups excluding carboxylic acids is 2. The molecule has 0 radical (unpaired) electrons. The summed E-state index contributed by atoms with van der Waals surface area (Å²) < 4.78 is 78.3. The molecular weight excluding hydrogens is 478 g/mol. The highest BCUT2D eigenvalue weighted by Crippen LogP contribution is 2.37. The van der Waals surface area contributed by atoms with E-state index in [4.69, 9.17) is 0 Å². The molecule has 2 aromatic rings. The van der Waals surface area contributed by atoms with Crippen LogP contribution in [0.1, 0.15) is 47.7 Å². The molecule has 0 aromatic heterocycles. The largest absolute Gasteiger partial charge is 0.416 e. The molecule has 1 aliphatic heterocycles. The van der Waals surface area contributed by atoms with Crippen molar-refractivity contribution < 1.29 is 35.9 Å². The van der Waals surface area contributed by atoms with Gasteiger partial charge in [-0.15, -0.1) is 0 Å². The molecule has 0 bridgehead atoms. The van der Waals surface area contributed by atoms with Gasteiger partial charge < -0.3 is 20.9 Å². The predicted molar refractivity (Wildman–Crippen MR) is 120 cm³/mol.